The molecule has 1 fully saturated rings. The van der Waals surface area contributed by atoms with E-state index in [1.54, 1.807) is 18.6 Å². The molecule has 1 unspecified atom stereocenters. The molecule has 27 heavy (non-hydrogen) atoms. The molecule has 4 aromatic heterocycles. The van der Waals surface area contributed by atoms with Gasteiger partial charge in [0.05, 0.1) is 24.0 Å². The van der Waals surface area contributed by atoms with Crippen molar-refractivity contribution in [3.63, 3.8) is 0 Å². The summed E-state index contributed by atoms with van der Waals surface area (Å²) in [5, 5.41) is 7.48. The summed E-state index contributed by atoms with van der Waals surface area (Å²) in [5.74, 6) is 1.46. The smallest absolute Gasteiger partial charge is 0.180 e. The van der Waals surface area contributed by atoms with Gasteiger partial charge in [-0.05, 0) is 18.2 Å². The number of imidazole rings is 1. The fourth-order valence-corrected chi connectivity index (χ4v) is 3.43. The van der Waals surface area contributed by atoms with Gasteiger partial charge >= 0.3 is 0 Å². The lowest BCUT2D eigenvalue weighted by molar-refractivity contribution is 0.0395. The summed E-state index contributed by atoms with van der Waals surface area (Å²) < 4.78 is 7.77. The number of aromatic nitrogens is 6. The van der Waals surface area contributed by atoms with E-state index >= 15 is 0 Å². The first-order valence-corrected chi connectivity index (χ1v) is 8.97. The average molecular weight is 382 g/mol. The Bertz CT molecular complexity index is 1080. The third kappa shape index (κ3) is 3.02. The Kier molecular flexibility index (Phi) is 3.99. The molecule has 0 radical (unpaired) electrons. The summed E-state index contributed by atoms with van der Waals surface area (Å²) in [5.41, 5.74) is 2.63. The van der Waals surface area contributed by atoms with Crippen LogP contribution in [0.15, 0.2) is 49.2 Å². The van der Waals surface area contributed by atoms with E-state index in [4.69, 9.17) is 21.3 Å². The second-order valence-electron chi connectivity index (χ2n) is 6.29. The molecule has 1 aliphatic heterocycles. The van der Waals surface area contributed by atoms with Gasteiger partial charge in [0, 0.05) is 37.2 Å². The molecule has 0 saturated carbocycles. The summed E-state index contributed by atoms with van der Waals surface area (Å²) in [6.45, 7) is 2.10. The largest absolute Gasteiger partial charge is 0.370 e. The number of hydrogen-bond donors (Lipinski definition) is 1. The fourth-order valence-electron chi connectivity index (χ4n) is 3.26. The molecule has 9 heteroatoms. The molecule has 1 atom stereocenters. The van der Waals surface area contributed by atoms with Gasteiger partial charge in [-0.3, -0.25) is 9.50 Å². The maximum absolute atomic E-state index is 6.13. The summed E-state index contributed by atoms with van der Waals surface area (Å²) in [6.07, 6.45) is 8.97. The number of ether oxygens (including phenoxy) is 1. The highest BCUT2D eigenvalue weighted by molar-refractivity contribution is 6.30. The molecule has 136 valence electrons. The second-order valence-corrected chi connectivity index (χ2v) is 6.73. The zero-order chi connectivity index (χ0) is 18.2. The Morgan fingerprint density at radius 3 is 3.04 bits per heavy atom. The molecule has 1 saturated heterocycles. The number of H-pyrrole nitrogens is 1. The van der Waals surface area contributed by atoms with E-state index in [2.05, 4.69) is 25.1 Å². The maximum atomic E-state index is 6.13. The number of halogens is 1. The Morgan fingerprint density at radius 2 is 2.15 bits per heavy atom. The van der Waals surface area contributed by atoms with Crippen LogP contribution in [0.4, 0.5) is 5.82 Å². The maximum Gasteiger partial charge on any atom is 0.180 e. The van der Waals surface area contributed by atoms with Gasteiger partial charge < -0.3 is 9.64 Å². The number of nitrogens with one attached hydrogen (secondary N) is 1. The topological polar surface area (TPSA) is 84.2 Å². The summed E-state index contributed by atoms with van der Waals surface area (Å²) in [6, 6.07) is 5.60. The molecular formula is C18H16ClN7O. The highest BCUT2D eigenvalue weighted by Gasteiger charge is 2.24. The van der Waals surface area contributed by atoms with Gasteiger partial charge in [0.2, 0.25) is 0 Å². The molecule has 8 nitrogen and oxygen atoms in total. The molecule has 0 amide bonds. The molecule has 0 aromatic carbocycles. The third-order valence-electron chi connectivity index (χ3n) is 4.62. The normalized spacial score (nSPS) is 17.5. The lowest BCUT2D eigenvalue weighted by Gasteiger charge is -2.33. The Labute approximate surface area is 159 Å². The fraction of sp³-hybridized carbons (Fsp3) is 0.222. The average Bonchev–Trinajstić information content (AvgIpc) is 3.38. The molecule has 4 aromatic rings. The van der Waals surface area contributed by atoms with Gasteiger partial charge in [0.1, 0.15) is 23.3 Å². The standard InChI is InChI=1S/C18H16ClN7O/c19-13-1-2-16-21-9-14(26(16)10-13)18-20-4-3-17(24-18)25-5-6-27-15(11-25)12-7-22-23-8-12/h1-4,7-10,15H,5-6,11H2,(H,22,23). The van der Waals surface area contributed by atoms with Crippen molar-refractivity contribution in [2.24, 2.45) is 0 Å². The van der Waals surface area contributed by atoms with E-state index < -0.39 is 0 Å². The van der Waals surface area contributed by atoms with Crippen molar-refractivity contribution in [2.75, 3.05) is 24.6 Å². The van der Waals surface area contributed by atoms with E-state index in [9.17, 15) is 0 Å². The van der Waals surface area contributed by atoms with E-state index in [1.165, 1.54) is 0 Å². The minimum atomic E-state index is -0.0366. The highest BCUT2D eigenvalue weighted by Crippen LogP contribution is 2.26. The number of fused-ring (bicyclic) bond motifs is 1. The van der Waals surface area contributed by atoms with Gasteiger partial charge in [-0.1, -0.05) is 11.6 Å². The quantitative estimate of drug-likeness (QED) is 0.587. The summed E-state index contributed by atoms with van der Waals surface area (Å²) in [7, 11) is 0. The minimum Gasteiger partial charge on any atom is -0.370 e. The monoisotopic (exact) mass is 381 g/mol. The zero-order valence-electron chi connectivity index (χ0n) is 14.3. The second kappa shape index (κ2) is 6.64. The first kappa shape index (κ1) is 16.2. The number of rotatable bonds is 3. The van der Waals surface area contributed by atoms with Gasteiger partial charge in [-0.25, -0.2) is 15.0 Å². The predicted molar refractivity (Wildman–Crippen MR) is 101 cm³/mol. The van der Waals surface area contributed by atoms with Crippen molar-refractivity contribution in [3.05, 3.63) is 59.8 Å². The van der Waals surface area contributed by atoms with Crippen LogP contribution in [0.25, 0.3) is 17.2 Å². The van der Waals surface area contributed by atoms with Crippen molar-refractivity contribution in [1.29, 1.82) is 0 Å². The van der Waals surface area contributed by atoms with Crippen molar-refractivity contribution in [1.82, 2.24) is 29.5 Å². The zero-order valence-corrected chi connectivity index (χ0v) is 15.0. The van der Waals surface area contributed by atoms with E-state index in [0.29, 0.717) is 24.0 Å². The van der Waals surface area contributed by atoms with Crippen LogP contribution in [0.3, 0.4) is 0 Å². The molecule has 1 aliphatic rings. The van der Waals surface area contributed by atoms with Crippen molar-refractivity contribution in [2.45, 2.75) is 6.10 Å². The lowest BCUT2D eigenvalue weighted by Crippen LogP contribution is -2.38. The Balaban J connectivity index is 1.47. The van der Waals surface area contributed by atoms with Gasteiger partial charge in [-0.15, -0.1) is 0 Å². The van der Waals surface area contributed by atoms with Crippen LogP contribution in [0, 0.1) is 0 Å². The van der Waals surface area contributed by atoms with E-state index in [1.807, 2.05) is 35.0 Å². The number of aromatic amines is 1. The molecule has 5 heterocycles. The van der Waals surface area contributed by atoms with Crippen LogP contribution in [0.1, 0.15) is 11.7 Å². The Hall–Kier alpha value is -2.97. The third-order valence-corrected chi connectivity index (χ3v) is 4.84. The van der Waals surface area contributed by atoms with Crippen LogP contribution in [-0.2, 0) is 4.74 Å². The lowest BCUT2D eigenvalue weighted by atomic mass is 10.1. The minimum absolute atomic E-state index is 0.0366. The van der Waals surface area contributed by atoms with Crippen LogP contribution in [0.2, 0.25) is 5.02 Å². The van der Waals surface area contributed by atoms with E-state index in [-0.39, 0.29) is 6.10 Å². The SMILES string of the molecule is Clc1ccc2ncc(-c3nccc(N4CCOC(c5cn[nH]c5)C4)n3)n2c1. The van der Waals surface area contributed by atoms with Crippen LogP contribution in [0.5, 0.6) is 0 Å². The van der Waals surface area contributed by atoms with Gasteiger partial charge in [0.25, 0.3) is 0 Å². The highest BCUT2D eigenvalue weighted by atomic mass is 35.5. The number of nitrogens with zero attached hydrogens (tertiary/aromatic N) is 6. The summed E-state index contributed by atoms with van der Waals surface area (Å²) >= 11 is 6.13. The van der Waals surface area contributed by atoms with Crippen molar-refractivity contribution < 1.29 is 4.74 Å². The first-order valence-electron chi connectivity index (χ1n) is 8.59. The predicted octanol–water partition coefficient (Wildman–Crippen LogP) is 2.75. The molecule has 0 spiro atoms. The number of hydrogen-bond acceptors (Lipinski definition) is 6. The summed E-state index contributed by atoms with van der Waals surface area (Å²) in [4.78, 5) is 15.8. The van der Waals surface area contributed by atoms with Gasteiger partial charge in [-0.2, -0.15) is 5.10 Å². The number of pyridine rings is 1. The molecular weight excluding hydrogens is 366 g/mol. The van der Waals surface area contributed by atoms with Crippen LogP contribution < -0.4 is 4.90 Å². The molecule has 0 bridgehead atoms. The van der Waals surface area contributed by atoms with Gasteiger partial charge in [0.15, 0.2) is 5.82 Å². The van der Waals surface area contributed by atoms with Crippen molar-refractivity contribution in [3.8, 4) is 11.5 Å². The molecule has 1 N–H and O–H groups in total. The van der Waals surface area contributed by atoms with Crippen molar-refractivity contribution >= 4 is 23.1 Å². The number of anilines is 1. The van der Waals surface area contributed by atoms with Crippen LogP contribution in [-0.4, -0.2) is 49.2 Å². The van der Waals surface area contributed by atoms with E-state index in [0.717, 1.165) is 29.3 Å². The Morgan fingerprint density at radius 1 is 1.19 bits per heavy atom. The van der Waals surface area contributed by atoms with Crippen LogP contribution >= 0.6 is 11.6 Å². The molecule has 0 aliphatic carbocycles. The number of morpholine rings is 1. The first-order chi connectivity index (χ1) is 13.3. The molecule has 5 rings (SSSR count).